The third-order valence-corrected chi connectivity index (χ3v) is 4.98. The second kappa shape index (κ2) is 12.2. The van der Waals surface area contributed by atoms with Gasteiger partial charge in [-0.2, -0.15) is 0 Å². The lowest BCUT2D eigenvalue weighted by Crippen LogP contribution is -2.23. The number of ether oxygens (including phenoxy) is 4. The lowest BCUT2D eigenvalue weighted by Gasteiger charge is -2.29. The van der Waals surface area contributed by atoms with E-state index in [2.05, 4.69) is 25.3 Å². The predicted octanol–water partition coefficient (Wildman–Crippen LogP) is 4.35. The number of hydrogen-bond acceptors (Lipinski definition) is 6. The molecule has 0 radical (unpaired) electrons. The molecule has 0 bridgehead atoms. The van der Waals surface area contributed by atoms with Crippen LogP contribution in [0.1, 0.15) is 51.0 Å². The fourth-order valence-corrected chi connectivity index (χ4v) is 3.29. The second-order valence-corrected chi connectivity index (χ2v) is 7.59. The first-order valence-corrected chi connectivity index (χ1v) is 10.4. The lowest BCUT2D eigenvalue weighted by atomic mass is 9.83. The molecule has 2 rings (SSSR count). The Balaban J connectivity index is 1.64. The summed E-state index contributed by atoms with van der Waals surface area (Å²) in [6.45, 7) is 11.5. The minimum Gasteiger partial charge on any atom is -0.490 e. The zero-order valence-electron chi connectivity index (χ0n) is 18.0. The van der Waals surface area contributed by atoms with E-state index in [1.165, 1.54) is 5.56 Å². The van der Waals surface area contributed by atoms with Crippen LogP contribution in [-0.2, 0) is 23.8 Å². The maximum atomic E-state index is 11.3. The standard InChI is InChI=1S/C24H32O6/c1-17(2)23(25)29-15-13-27-21-9-5-19(6-10-21)20-7-11-22(12-8-20)28-14-16-30-24(26)18(3)4/h5-6,9-10,20,22H,1,3,7-8,11-16H2,2,4H3. The molecular formula is C24H32O6. The molecule has 0 N–H and O–H groups in total. The Morgan fingerprint density at radius 3 is 1.90 bits per heavy atom. The predicted molar refractivity (Wildman–Crippen MR) is 114 cm³/mol. The molecule has 0 aromatic heterocycles. The average molecular weight is 417 g/mol. The van der Waals surface area contributed by atoms with Gasteiger partial charge in [-0.05, 0) is 63.1 Å². The normalized spacial score (nSPS) is 18.3. The van der Waals surface area contributed by atoms with Crippen LogP contribution in [-0.4, -0.2) is 44.5 Å². The van der Waals surface area contributed by atoms with Crippen molar-refractivity contribution in [3.8, 4) is 5.75 Å². The Labute approximate surface area is 178 Å². The van der Waals surface area contributed by atoms with E-state index >= 15 is 0 Å². The summed E-state index contributed by atoms with van der Waals surface area (Å²) in [5, 5.41) is 0. The van der Waals surface area contributed by atoms with Crippen molar-refractivity contribution in [3.63, 3.8) is 0 Å². The van der Waals surface area contributed by atoms with Crippen molar-refractivity contribution < 1.29 is 28.5 Å². The van der Waals surface area contributed by atoms with Gasteiger partial charge in [-0.3, -0.25) is 0 Å². The molecule has 1 aromatic rings. The zero-order chi connectivity index (χ0) is 21.9. The van der Waals surface area contributed by atoms with Gasteiger partial charge in [0.25, 0.3) is 0 Å². The van der Waals surface area contributed by atoms with Crippen molar-refractivity contribution in [1.29, 1.82) is 0 Å². The quantitative estimate of drug-likeness (QED) is 0.303. The SMILES string of the molecule is C=C(C)C(=O)OCCOc1ccc(C2CCC(OCCOC(=O)C(=C)C)CC2)cc1. The van der Waals surface area contributed by atoms with Gasteiger partial charge in [0.15, 0.2) is 0 Å². The van der Waals surface area contributed by atoms with E-state index in [0.29, 0.717) is 30.3 Å². The van der Waals surface area contributed by atoms with Gasteiger partial charge in [0, 0.05) is 11.1 Å². The fraction of sp³-hybridized carbons (Fsp3) is 0.500. The molecular weight excluding hydrogens is 384 g/mol. The van der Waals surface area contributed by atoms with E-state index in [9.17, 15) is 9.59 Å². The number of hydrogen-bond donors (Lipinski definition) is 0. The summed E-state index contributed by atoms with van der Waals surface area (Å²) in [7, 11) is 0. The first-order chi connectivity index (χ1) is 14.4. The van der Waals surface area contributed by atoms with Crippen molar-refractivity contribution in [1.82, 2.24) is 0 Å². The molecule has 6 nitrogen and oxygen atoms in total. The topological polar surface area (TPSA) is 71.1 Å². The van der Waals surface area contributed by atoms with Gasteiger partial charge in [-0.1, -0.05) is 25.3 Å². The Morgan fingerprint density at radius 2 is 1.37 bits per heavy atom. The van der Waals surface area contributed by atoms with Crippen LogP contribution in [0.5, 0.6) is 5.75 Å². The number of benzene rings is 1. The Morgan fingerprint density at radius 1 is 0.833 bits per heavy atom. The number of carbonyl (C=O) groups excluding carboxylic acids is 2. The molecule has 0 saturated heterocycles. The summed E-state index contributed by atoms with van der Waals surface area (Å²) in [6.07, 6.45) is 4.33. The highest BCUT2D eigenvalue weighted by Gasteiger charge is 2.23. The second-order valence-electron chi connectivity index (χ2n) is 7.59. The molecule has 0 spiro atoms. The summed E-state index contributed by atoms with van der Waals surface area (Å²) in [5.74, 6) is 0.493. The maximum absolute atomic E-state index is 11.3. The summed E-state index contributed by atoms with van der Waals surface area (Å²) in [4.78, 5) is 22.6. The lowest BCUT2D eigenvalue weighted by molar-refractivity contribution is -0.141. The van der Waals surface area contributed by atoms with Crippen molar-refractivity contribution in [2.45, 2.75) is 51.6 Å². The molecule has 1 saturated carbocycles. The van der Waals surface area contributed by atoms with Crippen LogP contribution in [0, 0.1) is 0 Å². The van der Waals surface area contributed by atoms with E-state index in [0.717, 1.165) is 31.4 Å². The van der Waals surface area contributed by atoms with Crippen LogP contribution >= 0.6 is 0 Å². The third-order valence-electron chi connectivity index (χ3n) is 4.98. The molecule has 0 unspecified atom stereocenters. The highest BCUT2D eigenvalue weighted by atomic mass is 16.6. The Hall–Kier alpha value is -2.60. The van der Waals surface area contributed by atoms with E-state index in [4.69, 9.17) is 18.9 Å². The molecule has 0 heterocycles. The number of esters is 2. The fourth-order valence-electron chi connectivity index (χ4n) is 3.29. The Bertz CT molecular complexity index is 729. The first-order valence-electron chi connectivity index (χ1n) is 10.4. The molecule has 0 aliphatic heterocycles. The van der Waals surface area contributed by atoms with E-state index in [1.807, 2.05) is 12.1 Å². The molecule has 1 aromatic carbocycles. The highest BCUT2D eigenvalue weighted by Crippen LogP contribution is 2.34. The minimum absolute atomic E-state index is 0.198. The Kier molecular flexibility index (Phi) is 9.61. The molecule has 164 valence electrons. The van der Waals surface area contributed by atoms with Crippen molar-refractivity contribution in [2.75, 3.05) is 26.4 Å². The van der Waals surface area contributed by atoms with E-state index < -0.39 is 5.97 Å². The smallest absolute Gasteiger partial charge is 0.333 e. The number of carbonyl (C=O) groups is 2. The average Bonchev–Trinajstić information content (AvgIpc) is 2.74. The van der Waals surface area contributed by atoms with Gasteiger partial charge in [0.1, 0.15) is 25.6 Å². The van der Waals surface area contributed by atoms with Crippen LogP contribution in [0.2, 0.25) is 0 Å². The van der Waals surface area contributed by atoms with Crippen LogP contribution in [0.15, 0.2) is 48.6 Å². The summed E-state index contributed by atoms with van der Waals surface area (Å²) in [5.41, 5.74) is 2.08. The third kappa shape index (κ3) is 8.03. The van der Waals surface area contributed by atoms with Gasteiger partial charge in [-0.25, -0.2) is 9.59 Å². The monoisotopic (exact) mass is 416 g/mol. The van der Waals surface area contributed by atoms with Crippen molar-refractivity contribution in [3.05, 3.63) is 54.1 Å². The van der Waals surface area contributed by atoms with Gasteiger partial charge < -0.3 is 18.9 Å². The maximum Gasteiger partial charge on any atom is 0.333 e. The highest BCUT2D eigenvalue weighted by molar-refractivity contribution is 5.87. The van der Waals surface area contributed by atoms with Crippen molar-refractivity contribution in [2.24, 2.45) is 0 Å². The molecule has 6 heteroatoms. The summed E-state index contributed by atoms with van der Waals surface area (Å²) >= 11 is 0. The molecule has 0 amide bonds. The van der Waals surface area contributed by atoms with Gasteiger partial charge in [0.05, 0.1) is 12.7 Å². The molecule has 0 atom stereocenters. The first kappa shape index (κ1) is 23.7. The zero-order valence-corrected chi connectivity index (χ0v) is 18.0. The molecule has 30 heavy (non-hydrogen) atoms. The van der Waals surface area contributed by atoms with Crippen molar-refractivity contribution >= 4 is 11.9 Å². The summed E-state index contributed by atoms with van der Waals surface area (Å²) < 4.78 is 21.5. The molecule has 1 fully saturated rings. The van der Waals surface area contributed by atoms with Crippen LogP contribution < -0.4 is 4.74 Å². The van der Waals surface area contributed by atoms with Crippen LogP contribution in [0.4, 0.5) is 0 Å². The van der Waals surface area contributed by atoms with Gasteiger partial charge in [0.2, 0.25) is 0 Å². The largest absolute Gasteiger partial charge is 0.490 e. The van der Waals surface area contributed by atoms with Crippen LogP contribution in [0.3, 0.4) is 0 Å². The number of rotatable bonds is 11. The van der Waals surface area contributed by atoms with Crippen LogP contribution in [0.25, 0.3) is 0 Å². The van der Waals surface area contributed by atoms with E-state index in [1.54, 1.807) is 13.8 Å². The summed E-state index contributed by atoms with van der Waals surface area (Å²) in [6, 6.07) is 8.10. The minimum atomic E-state index is -0.401. The van der Waals surface area contributed by atoms with Gasteiger partial charge >= 0.3 is 11.9 Å². The van der Waals surface area contributed by atoms with Gasteiger partial charge in [-0.15, -0.1) is 0 Å². The molecule has 1 aliphatic carbocycles. The molecule has 1 aliphatic rings. The van der Waals surface area contributed by atoms with E-state index in [-0.39, 0.29) is 25.3 Å².